The maximum Gasteiger partial charge on any atom is 0.416 e. The summed E-state index contributed by atoms with van der Waals surface area (Å²) in [5.74, 6) is -0.763. The number of carbonyl (C=O) groups excluding carboxylic acids is 1. The molecule has 0 bridgehead atoms. The van der Waals surface area contributed by atoms with Gasteiger partial charge < -0.3 is 10.1 Å². The monoisotopic (exact) mass is 631 g/mol. The van der Waals surface area contributed by atoms with Gasteiger partial charge in [-0.3, -0.25) is 13.8 Å². The van der Waals surface area contributed by atoms with Gasteiger partial charge >= 0.3 is 6.18 Å². The van der Waals surface area contributed by atoms with Crippen LogP contribution in [0.4, 0.5) is 30.2 Å². The van der Waals surface area contributed by atoms with Gasteiger partial charge in [-0.1, -0.05) is 48.5 Å². The van der Waals surface area contributed by atoms with Gasteiger partial charge in [-0.2, -0.15) is 13.2 Å². The molecule has 1 unspecified atom stereocenters. The van der Waals surface area contributed by atoms with Crippen LogP contribution in [-0.2, 0) is 36.8 Å². The van der Waals surface area contributed by atoms with Crippen molar-refractivity contribution in [1.29, 1.82) is 0 Å². The number of halogens is 3. The average molecular weight is 632 g/mol. The number of carbonyl (C=O) groups is 1. The topological polar surface area (TPSA) is 122 Å². The molecular formula is C29H24F3N3O6S2. The highest BCUT2D eigenvalue weighted by Gasteiger charge is 2.37. The van der Waals surface area contributed by atoms with Crippen LogP contribution in [-0.4, -0.2) is 35.4 Å². The predicted molar refractivity (Wildman–Crippen MR) is 155 cm³/mol. The second kappa shape index (κ2) is 11.6. The first-order valence-corrected chi connectivity index (χ1v) is 15.8. The Kier molecular flexibility index (Phi) is 8.08. The van der Waals surface area contributed by atoms with E-state index in [1.807, 2.05) is 0 Å². The maximum absolute atomic E-state index is 13.4. The summed E-state index contributed by atoms with van der Waals surface area (Å²) in [6.07, 6.45) is -5.87. The quantitative estimate of drug-likeness (QED) is 0.274. The van der Waals surface area contributed by atoms with Crippen molar-refractivity contribution in [3.63, 3.8) is 0 Å². The fourth-order valence-corrected chi connectivity index (χ4v) is 7.01. The molecule has 0 saturated heterocycles. The SMILES string of the molecule is O=C(Nc1ccc(S(=O)(=O)Nc2cccc(C(F)(F)F)c2)cc1)C1CN(S(=O)(=O)Cc2ccccc2)c2ccccc2O1. The maximum atomic E-state index is 13.4. The summed E-state index contributed by atoms with van der Waals surface area (Å²) in [6, 6.07) is 23.7. The van der Waals surface area contributed by atoms with Gasteiger partial charge in [0.05, 0.1) is 28.4 Å². The minimum Gasteiger partial charge on any atom is -0.476 e. The van der Waals surface area contributed by atoms with Crippen LogP contribution in [0.25, 0.3) is 0 Å². The zero-order chi connectivity index (χ0) is 30.8. The van der Waals surface area contributed by atoms with Gasteiger partial charge in [0.1, 0.15) is 5.75 Å². The van der Waals surface area contributed by atoms with Crippen molar-refractivity contribution in [2.75, 3.05) is 20.9 Å². The smallest absolute Gasteiger partial charge is 0.416 e. The Labute approximate surface area is 246 Å². The van der Waals surface area contributed by atoms with Crippen LogP contribution in [0.2, 0.25) is 0 Å². The molecule has 0 saturated carbocycles. The molecule has 14 heteroatoms. The number of benzene rings is 4. The summed E-state index contributed by atoms with van der Waals surface area (Å²) >= 11 is 0. The number of para-hydroxylation sites is 2. The number of amides is 1. The lowest BCUT2D eigenvalue weighted by Crippen LogP contribution is -2.49. The van der Waals surface area contributed by atoms with Crippen molar-refractivity contribution in [1.82, 2.24) is 0 Å². The van der Waals surface area contributed by atoms with Crippen LogP contribution < -0.4 is 19.1 Å². The van der Waals surface area contributed by atoms with E-state index in [0.717, 1.165) is 16.4 Å². The van der Waals surface area contributed by atoms with Gasteiger partial charge in [0, 0.05) is 11.4 Å². The van der Waals surface area contributed by atoms with Crippen molar-refractivity contribution in [2.45, 2.75) is 22.9 Å². The number of fused-ring (bicyclic) bond motifs is 1. The molecule has 1 amide bonds. The first-order valence-electron chi connectivity index (χ1n) is 12.7. The first kappa shape index (κ1) is 29.9. The third kappa shape index (κ3) is 6.92. The van der Waals surface area contributed by atoms with E-state index in [1.54, 1.807) is 54.6 Å². The molecule has 0 aliphatic carbocycles. The number of hydrogen-bond acceptors (Lipinski definition) is 6. The molecule has 0 spiro atoms. The van der Waals surface area contributed by atoms with E-state index >= 15 is 0 Å². The zero-order valence-electron chi connectivity index (χ0n) is 22.2. The Balaban J connectivity index is 1.30. The fourth-order valence-electron chi connectivity index (χ4n) is 4.38. The van der Waals surface area contributed by atoms with Crippen molar-refractivity contribution in [3.8, 4) is 5.75 Å². The molecule has 4 aromatic carbocycles. The Morgan fingerprint density at radius 1 is 0.837 bits per heavy atom. The van der Waals surface area contributed by atoms with Crippen LogP contribution in [0, 0.1) is 0 Å². The minimum atomic E-state index is -4.64. The molecule has 9 nitrogen and oxygen atoms in total. The second-order valence-corrected chi connectivity index (χ2v) is 13.1. The standard InChI is InChI=1S/C29H24F3N3O6S2/c30-29(31,32)21-9-6-10-23(17-21)34-43(39,40)24-15-13-22(14-16-24)33-28(36)27-18-35(25-11-4-5-12-26(25)41-27)42(37,38)19-20-7-2-1-3-8-20/h1-17,27,34H,18-19H2,(H,33,36). The Morgan fingerprint density at radius 3 is 2.21 bits per heavy atom. The normalized spacial score (nSPS) is 15.2. The van der Waals surface area contributed by atoms with E-state index in [0.29, 0.717) is 17.3 Å². The van der Waals surface area contributed by atoms with Gasteiger partial charge in [0.15, 0.2) is 6.10 Å². The number of rotatable bonds is 8. The summed E-state index contributed by atoms with van der Waals surface area (Å²) < 4.78 is 100. The van der Waals surface area contributed by atoms with Gasteiger partial charge in [-0.15, -0.1) is 0 Å². The van der Waals surface area contributed by atoms with Crippen molar-refractivity contribution in [3.05, 3.63) is 114 Å². The highest BCUT2D eigenvalue weighted by atomic mass is 32.2. The number of nitrogens with one attached hydrogen (secondary N) is 2. The van der Waals surface area contributed by atoms with Gasteiger partial charge in [-0.25, -0.2) is 16.8 Å². The predicted octanol–water partition coefficient (Wildman–Crippen LogP) is 5.24. The van der Waals surface area contributed by atoms with Crippen molar-refractivity contribution < 1.29 is 39.5 Å². The van der Waals surface area contributed by atoms with E-state index in [9.17, 15) is 34.8 Å². The summed E-state index contributed by atoms with van der Waals surface area (Å²) in [5, 5.41) is 2.59. The van der Waals surface area contributed by atoms with Crippen LogP contribution in [0.3, 0.4) is 0 Å². The lowest BCUT2D eigenvalue weighted by atomic mass is 10.2. The Bertz CT molecular complexity index is 1850. The molecule has 4 aromatic rings. The molecule has 0 fully saturated rings. The number of nitrogens with zero attached hydrogens (tertiary/aromatic N) is 1. The van der Waals surface area contributed by atoms with E-state index in [4.69, 9.17) is 4.74 Å². The Hall–Kier alpha value is -4.56. The summed E-state index contributed by atoms with van der Waals surface area (Å²) in [5.41, 5.74) is -0.224. The molecule has 0 aromatic heterocycles. The fraction of sp³-hybridized carbons (Fsp3) is 0.138. The van der Waals surface area contributed by atoms with E-state index in [-0.39, 0.29) is 34.3 Å². The minimum absolute atomic E-state index is 0.184. The summed E-state index contributed by atoms with van der Waals surface area (Å²) in [6.45, 7) is -0.300. The highest BCUT2D eigenvalue weighted by Crippen LogP contribution is 2.36. The molecule has 43 heavy (non-hydrogen) atoms. The van der Waals surface area contributed by atoms with Crippen LogP contribution >= 0.6 is 0 Å². The van der Waals surface area contributed by atoms with E-state index < -0.39 is 43.8 Å². The van der Waals surface area contributed by atoms with E-state index in [1.165, 1.54) is 30.3 Å². The van der Waals surface area contributed by atoms with Crippen molar-refractivity contribution in [2.24, 2.45) is 0 Å². The molecular weight excluding hydrogens is 607 g/mol. The molecule has 1 aliphatic heterocycles. The molecule has 1 aliphatic rings. The molecule has 1 atom stereocenters. The van der Waals surface area contributed by atoms with Crippen LogP contribution in [0.15, 0.2) is 108 Å². The third-order valence-corrected chi connectivity index (χ3v) is 9.54. The average Bonchev–Trinajstić information content (AvgIpc) is 2.96. The molecule has 1 heterocycles. The molecule has 5 rings (SSSR count). The van der Waals surface area contributed by atoms with Gasteiger partial charge in [0.2, 0.25) is 10.0 Å². The molecule has 224 valence electrons. The summed E-state index contributed by atoms with van der Waals surface area (Å²) in [7, 11) is -8.16. The lowest BCUT2D eigenvalue weighted by molar-refractivity contribution is -0.137. The highest BCUT2D eigenvalue weighted by molar-refractivity contribution is 7.92. The second-order valence-electron chi connectivity index (χ2n) is 9.54. The summed E-state index contributed by atoms with van der Waals surface area (Å²) in [4.78, 5) is 12.9. The van der Waals surface area contributed by atoms with E-state index in [2.05, 4.69) is 10.0 Å². The van der Waals surface area contributed by atoms with Crippen LogP contribution in [0.1, 0.15) is 11.1 Å². The first-order chi connectivity index (χ1) is 20.3. The number of hydrogen-bond donors (Lipinski definition) is 2. The van der Waals surface area contributed by atoms with Gasteiger partial charge in [-0.05, 0) is 60.2 Å². The molecule has 2 N–H and O–H groups in total. The van der Waals surface area contributed by atoms with Gasteiger partial charge in [0.25, 0.3) is 15.9 Å². The number of alkyl halides is 3. The van der Waals surface area contributed by atoms with Crippen LogP contribution in [0.5, 0.6) is 5.75 Å². The number of ether oxygens (including phenoxy) is 1. The van der Waals surface area contributed by atoms with Crippen molar-refractivity contribution >= 4 is 43.0 Å². The number of anilines is 3. The largest absolute Gasteiger partial charge is 0.476 e. The lowest BCUT2D eigenvalue weighted by Gasteiger charge is -2.34. The third-order valence-electron chi connectivity index (χ3n) is 6.43. The Morgan fingerprint density at radius 2 is 1.51 bits per heavy atom. The number of sulfonamides is 2. The molecule has 0 radical (unpaired) electrons. The zero-order valence-corrected chi connectivity index (χ0v) is 23.8.